The van der Waals surface area contributed by atoms with Gasteiger partial charge in [-0.05, 0) is 88.0 Å². The number of hydrogen-bond donors (Lipinski definition) is 1. The van der Waals surface area contributed by atoms with Gasteiger partial charge in [-0.2, -0.15) is 5.26 Å². The van der Waals surface area contributed by atoms with Crippen LogP contribution in [0.4, 0.5) is 4.39 Å². The number of hydrogen-bond acceptors (Lipinski definition) is 5. The number of nitrogens with one attached hydrogen (secondary N) is 1. The zero-order valence-electron chi connectivity index (χ0n) is 27.4. The van der Waals surface area contributed by atoms with Gasteiger partial charge in [-0.3, -0.25) is 4.79 Å². The maximum Gasteiger partial charge on any atom is 0.226 e. The molecule has 1 amide bonds. The molecule has 49 heavy (non-hydrogen) atoms. The van der Waals surface area contributed by atoms with E-state index in [1.807, 2.05) is 13.0 Å². The fourth-order valence-electron chi connectivity index (χ4n) is 9.90. The van der Waals surface area contributed by atoms with Gasteiger partial charge in [0.15, 0.2) is 5.82 Å². The van der Waals surface area contributed by atoms with Crippen LogP contribution in [0.25, 0.3) is 32.9 Å². The number of piperidine rings is 1. The summed E-state index contributed by atoms with van der Waals surface area (Å²) < 4.78 is 26.3. The molecule has 0 spiro atoms. The molecule has 11 rings (SSSR count). The van der Waals surface area contributed by atoms with Gasteiger partial charge >= 0.3 is 0 Å². The molecule has 4 aliphatic carbocycles. The number of nitriles is 1. The highest BCUT2D eigenvalue weighted by Crippen LogP contribution is 2.57. The monoisotopic (exact) mass is 697 g/mol. The van der Waals surface area contributed by atoms with Crippen LogP contribution < -0.4 is 5.32 Å². The molecule has 7 nitrogen and oxygen atoms in total. The second-order valence-corrected chi connectivity index (χ2v) is 16.2. The van der Waals surface area contributed by atoms with Crippen molar-refractivity contribution in [2.75, 3.05) is 6.54 Å². The first-order chi connectivity index (χ1) is 23.8. The predicted molar refractivity (Wildman–Crippen MR) is 187 cm³/mol. The summed E-state index contributed by atoms with van der Waals surface area (Å²) in [5, 5.41) is 15.7. The third kappa shape index (κ3) is 4.58. The van der Waals surface area contributed by atoms with Crippen molar-refractivity contribution in [3.05, 3.63) is 63.1 Å². The SMILES string of the molecule is Cc1nc2c(F)c(-c3cccc(Cl)c3Cl)c(CCC#N)cc2c2c1cc([C@H]1[C@H]3C[C@H](C[C@@H]3OC3CC3)N1C(=O)C1CC1)n2[C@H]1[C@H]2CN[C@@H]1C2. The normalized spacial score (nSPS) is 30.0. The Balaban J connectivity index is 1.23. The Morgan fingerprint density at radius 3 is 2.69 bits per heavy atom. The molecule has 3 saturated heterocycles. The van der Waals surface area contributed by atoms with Gasteiger partial charge in [0.05, 0.1) is 45.9 Å². The number of likely N-dealkylation sites (tertiary alicyclic amines) is 1. The van der Waals surface area contributed by atoms with E-state index < -0.39 is 5.82 Å². The number of fused-ring (bicyclic) bond motifs is 6. The van der Waals surface area contributed by atoms with Crippen molar-refractivity contribution in [1.82, 2.24) is 19.8 Å². The number of halogens is 3. The van der Waals surface area contributed by atoms with Gasteiger partial charge in [-0.1, -0.05) is 35.3 Å². The molecule has 7 atom stereocenters. The lowest BCUT2D eigenvalue weighted by Crippen LogP contribution is -2.47. The zero-order chi connectivity index (χ0) is 33.3. The van der Waals surface area contributed by atoms with Crippen LogP contribution >= 0.6 is 23.2 Å². The van der Waals surface area contributed by atoms with Crippen LogP contribution in [0.5, 0.6) is 0 Å². The summed E-state index contributed by atoms with van der Waals surface area (Å²) >= 11 is 13.1. The van der Waals surface area contributed by atoms with E-state index in [9.17, 15) is 10.1 Å². The minimum absolute atomic E-state index is 0.0927. The lowest BCUT2D eigenvalue weighted by Gasteiger charge is -2.43. The van der Waals surface area contributed by atoms with Crippen molar-refractivity contribution < 1.29 is 13.9 Å². The van der Waals surface area contributed by atoms with Crippen molar-refractivity contribution >= 4 is 50.9 Å². The van der Waals surface area contributed by atoms with Crippen LogP contribution in [-0.4, -0.2) is 51.2 Å². The highest BCUT2D eigenvalue weighted by atomic mass is 35.5. The third-order valence-corrected chi connectivity index (χ3v) is 13.3. The molecule has 2 aromatic heterocycles. The Labute approximate surface area is 294 Å². The molecule has 3 aliphatic heterocycles. The second kappa shape index (κ2) is 11.1. The number of rotatable bonds is 8. The molecular weight excluding hydrogens is 660 g/mol. The molecule has 2 aromatic carbocycles. The minimum Gasteiger partial charge on any atom is -0.375 e. The molecule has 7 aliphatic rings. The van der Waals surface area contributed by atoms with E-state index in [1.165, 1.54) is 0 Å². The van der Waals surface area contributed by atoms with Crippen molar-refractivity contribution in [3.8, 4) is 17.2 Å². The standard InChI is InChI=1S/C39H38Cl2FN5O2/c1-18-25-16-30(38-26-14-22(15-31(26)49-23-9-10-23)46(38)39(48)19-7-8-19)47(36-21-13-29(36)44-17-21)37(25)27-12-20(4-3-11-43)32(34(42)35(27)45-18)24-5-2-6-28(40)33(24)41/h2,5-6,12,16,19,21-23,26,29,31,36,38,44H,3-4,7-10,13-15,17H2,1H3/t21-,22-,26+,29-,31+,36+,38-/m1/s1. The molecular formula is C39H38Cl2FN5O2. The van der Waals surface area contributed by atoms with Crippen molar-refractivity contribution in [2.24, 2.45) is 17.8 Å². The van der Waals surface area contributed by atoms with Gasteiger partial charge in [-0.15, -0.1) is 0 Å². The lowest BCUT2D eigenvalue weighted by atomic mass is 9.79. The lowest BCUT2D eigenvalue weighted by molar-refractivity contribution is -0.140. The van der Waals surface area contributed by atoms with E-state index in [1.54, 1.807) is 18.2 Å². The number of aromatic nitrogens is 2. The summed E-state index contributed by atoms with van der Waals surface area (Å²) in [5.74, 6) is 0.649. The van der Waals surface area contributed by atoms with E-state index >= 15 is 4.39 Å². The van der Waals surface area contributed by atoms with Gasteiger partial charge in [0.25, 0.3) is 0 Å². The molecule has 0 unspecified atom stereocenters. The number of pyridine rings is 1. The maximum absolute atomic E-state index is 17.2. The van der Waals surface area contributed by atoms with Crippen molar-refractivity contribution in [3.63, 3.8) is 0 Å². The molecule has 4 aromatic rings. The summed E-state index contributed by atoms with van der Waals surface area (Å²) in [6.45, 7) is 2.91. The Hall–Kier alpha value is -3.22. The van der Waals surface area contributed by atoms with E-state index in [2.05, 4.69) is 26.9 Å². The third-order valence-electron chi connectivity index (χ3n) is 12.4. The number of benzene rings is 2. The molecule has 4 saturated carbocycles. The van der Waals surface area contributed by atoms with Crippen LogP contribution in [0.3, 0.4) is 0 Å². The Kier molecular flexibility index (Phi) is 6.95. The topological polar surface area (TPSA) is 83.2 Å². The first-order valence-corrected chi connectivity index (χ1v) is 18.8. The van der Waals surface area contributed by atoms with Crippen molar-refractivity contribution in [1.29, 1.82) is 5.26 Å². The Morgan fingerprint density at radius 2 is 1.98 bits per heavy atom. The van der Waals surface area contributed by atoms with Gasteiger partial charge in [0, 0.05) is 70.2 Å². The summed E-state index contributed by atoms with van der Waals surface area (Å²) in [6, 6.07) is 12.4. The highest BCUT2D eigenvalue weighted by Gasteiger charge is 2.58. The van der Waals surface area contributed by atoms with Gasteiger partial charge in [0.1, 0.15) is 5.52 Å². The molecule has 5 heterocycles. The fourth-order valence-corrected chi connectivity index (χ4v) is 10.3. The van der Waals surface area contributed by atoms with Crippen LogP contribution in [0, 0.1) is 41.8 Å². The predicted octanol–water partition coefficient (Wildman–Crippen LogP) is 8.22. The van der Waals surface area contributed by atoms with Crippen LogP contribution in [0.2, 0.25) is 10.0 Å². The van der Waals surface area contributed by atoms with Crippen molar-refractivity contribution in [2.45, 2.75) is 101 Å². The summed E-state index contributed by atoms with van der Waals surface area (Å²) in [6.07, 6.45) is 8.26. The summed E-state index contributed by atoms with van der Waals surface area (Å²) in [5.41, 5.74) is 4.70. The number of amides is 1. The molecule has 0 radical (unpaired) electrons. The molecule has 7 fully saturated rings. The van der Waals surface area contributed by atoms with Crippen LogP contribution in [-0.2, 0) is 16.0 Å². The van der Waals surface area contributed by atoms with E-state index in [0.717, 1.165) is 79.2 Å². The summed E-state index contributed by atoms with van der Waals surface area (Å²) in [4.78, 5) is 21.3. The number of carbonyl (C=O) groups is 1. The maximum atomic E-state index is 17.2. The second-order valence-electron chi connectivity index (χ2n) is 15.4. The smallest absolute Gasteiger partial charge is 0.226 e. The molecule has 252 valence electrons. The first-order valence-electron chi connectivity index (χ1n) is 18.0. The van der Waals surface area contributed by atoms with Gasteiger partial charge in [-0.25, -0.2) is 9.37 Å². The molecule has 4 bridgehead atoms. The van der Waals surface area contributed by atoms with Crippen LogP contribution in [0.15, 0.2) is 30.3 Å². The summed E-state index contributed by atoms with van der Waals surface area (Å²) in [7, 11) is 0. The average molecular weight is 699 g/mol. The Bertz CT molecular complexity index is 2100. The van der Waals surface area contributed by atoms with E-state index in [0.29, 0.717) is 52.1 Å². The van der Waals surface area contributed by atoms with Crippen LogP contribution in [0.1, 0.15) is 80.4 Å². The van der Waals surface area contributed by atoms with Gasteiger partial charge < -0.3 is 19.5 Å². The van der Waals surface area contributed by atoms with E-state index in [4.69, 9.17) is 32.9 Å². The molecule has 1 N–H and O–H groups in total. The fraction of sp³-hybridized carbons (Fsp3) is 0.513. The average Bonchev–Trinajstić information content (AvgIpc) is 3.83. The van der Waals surface area contributed by atoms with E-state index in [-0.39, 0.29) is 53.0 Å². The minimum atomic E-state index is -0.452. The largest absolute Gasteiger partial charge is 0.375 e. The number of nitrogens with zero attached hydrogens (tertiary/aromatic N) is 4. The first kappa shape index (κ1) is 30.6. The highest BCUT2D eigenvalue weighted by molar-refractivity contribution is 6.43. The van der Waals surface area contributed by atoms with Gasteiger partial charge in [0.2, 0.25) is 5.91 Å². The molecule has 10 heteroatoms. The number of aryl methyl sites for hydroxylation is 2. The number of ether oxygens (including phenoxy) is 1. The number of carbonyl (C=O) groups excluding carboxylic acids is 1. The quantitative estimate of drug-likeness (QED) is 0.201. The zero-order valence-corrected chi connectivity index (χ0v) is 28.9. The Morgan fingerprint density at radius 1 is 1.14 bits per heavy atom.